The first-order valence-corrected chi connectivity index (χ1v) is 15.9. The van der Waals surface area contributed by atoms with Crippen molar-refractivity contribution in [1.82, 2.24) is 10.2 Å². The van der Waals surface area contributed by atoms with Crippen molar-refractivity contribution in [3.63, 3.8) is 0 Å². The minimum absolute atomic E-state index is 0.0326. The van der Waals surface area contributed by atoms with Crippen molar-refractivity contribution >= 4 is 50.7 Å². The second-order valence-corrected chi connectivity index (χ2v) is 13.2. The Morgan fingerprint density at radius 3 is 2.24 bits per heavy atom. The number of hydrogen-bond donors (Lipinski definition) is 1. The molecular formula is C31H35Cl2N3O4S. The highest BCUT2D eigenvalue weighted by atomic mass is 35.5. The first kappa shape index (κ1) is 30.9. The lowest BCUT2D eigenvalue weighted by Crippen LogP contribution is -2.52. The number of sulfonamides is 1. The lowest BCUT2D eigenvalue weighted by molar-refractivity contribution is -0.139. The van der Waals surface area contributed by atoms with Crippen LogP contribution in [-0.4, -0.2) is 43.8 Å². The molecule has 1 saturated carbocycles. The number of rotatable bonds is 10. The maximum atomic E-state index is 14.1. The molecule has 41 heavy (non-hydrogen) atoms. The number of carbonyl (C=O) groups excluding carboxylic acids is 2. The molecule has 1 fully saturated rings. The van der Waals surface area contributed by atoms with Gasteiger partial charge in [-0.15, -0.1) is 0 Å². The van der Waals surface area contributed by atoms with E-state index in [9.17, 15) is 18.0 Å². The van der Waals surface area contributed by atoms with Crippen LogP contribution in [-0.2, 0) is 26.2 Å². The molecule has 0 radical (unpaired) electrons. The van der Waals surface area contributed by atoms with Gasteiger partial charge >= 0.3 is 0 Å². The summed E-state index contributed by atoms with van der Waals surface area (Å²) < 4.78 is 29.0. The van der Waals surface area contributed by atoms with Crippen molar-refractivity contribution < 1.29 is 18.0 Å². The van der Waals surface area contributed by atoms with Gasteiger partial charge in [-0.25, -0.2) is 8.42 Å². The molecule has 7 nitrogen and oxygen atoms in total. The van der Waals surface area contributed by atoms with E-state index in [1.807, 2.05) is 13.8 Å². The summed E-state index contributed by atoms with van der Waals surface area (Å²) in [5, 5.41) is 3.88. The van der Waals surface area contributed by atoms with Crippen molar-refractivity contribution in [3.05, 3.63) is 93.5 Å². The molecule has 1 aliphatic carbocycles. The van der Waals surface area contributed by atoms with Crippen LogP contribution in [0.4, 0.5) is 5.69 Å². The summed E-state index contributed by atoms with van der Waals surface area (Å²) in [7, 11) is -4.17. The third kappa shape index (κ3) is 7.42. The Morgan fingerprint density at radius 1 is 0.951 bits per heavy atom. The third-order valence-electron chi connectivity index (χ3n) is 7.50. The van der Waals surface area contributed by atoms with Crippen LogP contribution >= 0.6 is 23.2 Å². The maximum Gasteiger partial charge on any atom is 0.264 e. The average Bonchev–Trinajstić information content (AvgIpc) is 3.45. The van der Waals surface area contributed by atoms with E-state index < -0.39 is 28.5 Å². The molecular weight excluding hydrogens is 581 g/mol. The number of halogens is 2. The molecule has 1 N–H and O–H groups in total. The number of carbonyl (C=O) groups is 2. The molecule has 0 heterocycles. The number of amides is 2. The summed E-state index contributed by atoms with van der Waals surface area (Å²) in [5.41, 5.74) is 2.56. The standard InChI is InChI=1S/C31H35Cl2N3O4S/c1-21-12-16-27(17-13-21)41(39,40)36(26-15-14-22(2)29(33)18-26)20-30(37)35(19-24-8-4-7-11-28(24)32)23(3)31(38)34-25-9-5-6-10-25/h4,7-8,11-18,23,25H,5-6,9-10,19-20H2,1-3H3,(H,34,38)/t23-/m1/s1. The van der Waals surface area contributed by atoms with Gasteiger partial charge in [-0.3, -0.25) is 13.9 Å². The van der Waals surface area contributed by atoms with E-state index in [1.54, 1.807) is 55.5 Å². The molecule has 0 bridgehead atoms. The zero-order chi connectivity index (χ0) is 29.7. The lowest BCUT2D eigenvalue weighted by atomic mass is 10.1. The summed E-state index contributed by atoms with van der Waals surface area (Å²) in [6.07, 6.45) is 3.89. The van der Waals surface area contributed by atoms with E-state index in [-0.39, 0.29) is 29.1 Å². The Bertz CT molecular complexity index is 1510. The average molecular weight is 617 g/mol. The number of nitrogens with zero attached hydrogens (tertiary/aromatic N) is 2. The van der Waals surface area contributed by atoms with Crippen LogP contribution in [0, 0.1) is 13.8 Å². The van der Waals surface area contributed by atoms with Crippen molar-refractivity contribution in [2.75, 3.05) is 10.8 Å². The SMILES string of the molecule is Cc1ccc(S(=O)(=O)N(CC(=O)N(Cc2ccccc2Cl)[C@H](C)C(=O)NC2CCCC2)c2ccc(C)c(Cl)c2)cc1. The first-order chi connectivity index (χ1) is 19.5. The predicted molar refractivity (Wildman–Crippen MR) is 164 cm³/mol. The highest BCUT2D eigenvalue weighted by Crippen LogP contribution is 2.29. The molecule has 3 aromatic rings. The lowest BCUT2D eigenvalue weighted by Gasteiger charge is -2.32. The largest absolute Gasteiger partial charge is 0.352 e. The van der Waals surface area contributed by atoms with E-state index in [2.05, 4.69) is 5.32 Å². The Balaban J connectivity index is 1.71. The van der Waals surface area contributed by atoms with Gasteiger partial charge in [0.25, 0.3) is 10.0 Å². The van der Waals surface area contributed by atoms with E-state index in [4.69, 9.17) is 23.2 Å². The second kappa shape index (κ2) is 13.3. The van der Waals surface area contributed by atoms with Gasteiger partial charge in [0.1, 0.15) is 12.6 Å². The third-order valence-corrected chi connectivity index (χ3v) is 10.1. The van der Waals surface area contributed by atoms with E-state index in [1.165, 1.54) is 23.1 Å². The smallest absolute Gasteiger partial charge is 0.264 e. The topological polar surface area (TPSA) is 86.8 Å². The quantitative estimate of drug-likeness (QED) is 0.291. The molecule has 0 aromatic heterocycles. The highest BCUT2D eigenvalue weighted by molar-refractivity contribution is 7.92. The molecule has 0 aliphatic heterocycles. The number of hydrogen-bond acceptors (Lipinski definition) is 4. The summed E-state index contributed by atoms with van der Waals surface area (Å²) in [4.78, 5) is 28.8. The molecule has 3 aromatic carbocycles. The van der Waals surface area contributed by atoms with Crippen LogP contribution in [0.25, 0.3) is 0 Å². The number of anilines is 1. The number of benzene rings is 3. The highest BCUT2D eigenvalue weighted by Gasteiger charge is 2.33. The fourth-order valence-electron chi connectivity index (χ4n) is 4.89. The van der Waals surface area contributed by atoms with Gasteiger partial charge in [-0.2, -0.15) is 0 Å². The molecule has 0 spiro atoms. The molecule has 10 heteroatoms. The van der Waals surface area contributed by atoms with Crippen molar-refractivity contribution in [2.24, 2.45) is 0 Å². The van der Waals surface area contributed by atoms with Crippen molar-refractivity contribution in [3.8, 4) is 0 Å². The van der Waals surface area contributed by atoms with Crippen LogP contribution in [0.2, 0.25) is 10.0 Å². The van der Waals surface area contributed by atoms with Crippen LogP contribution in [0.3, 0.4) is 0 Å². The minimum atomic E-state index is -4.17. The molecule has 1 atom stereocenters. The van der Waals surface area contributed by atoms with Gasteiger partial charge in [-0.1, -0.05) is 78.0 Å². The van der Waals surface area contributed by atoms with E-state index >= 15 is 0 Å². The Labute approximate surface area is 252 Å². The van der Waals surface area contributed by atoms with Crippen molar-refractivity contribution in [1.29, 1.82) is 0 Å². The second-order valence-electron chi connectivity index (χ2n) is 10.5. The van der Waals surface area contributed by atoms with Gasteiger partial charge in [-0.05, 0) is 75.1 Å². The first-order valence-electron chi connectivity index (χ1n) is 13.7. The molecule has 0 saturated heterocycles. The number of nitrogens with one attached hydrogen (secondary N) is 1. The normalized spacial score (nSPS) is 14.5. The fraction of sp³-hybridized carbons (Fsp3) is 0.355. The fourth-order valence-corrected chi connectivity index (χ4v) is 6.66. The molecule has 218 valence electrons. The Morgan fingerprint density at radius 2 is 1.61 bits per heavy atom. The number of aryl methyl sites for hydroxylation is 2. The molecule has 2 amide bonds. The predicted octanol–water partition coefficient (Wildman–Crippen LogP) is 6.28. The van der Waals surface area contributed by atoms with Crippen LogP contribution < -0.4 is 9.62 Å². The van der Waals surface area contributed by atoms with Gasteiger partial charge < -0.3 is 10.2 Å². The van der Waals surface area contributed by atoms with Crippen LogP contribution in [0.5, 0.6) is 0 Å². The monoisotopic (exact) mass is 615 g/mol. The summed E-state index contributed by atoms with van der Waals surface area (Å²) in [5.74, 6) is -0.838. The molecule has 4 rings (SSSR count). The van der Waals surface area contributed by atoms with Gasteiger partial charge in [0.15, 0.2) is 0 Å². The van der Waals surface area contributed by atoms with Crippen LogP contribution in [0.15, 0.2) is 71.6 Å². The maximum absolute atomic E-state index is 14.1. The zero-order valence-electron chi connectivity index (χ0n) is 23.4. The van der Waals surface area contributed by atoms with Gasteiger partial charge in [0.2, 0.25) is 11.8 Å². The van der Waals surface area contributed by atoms with Crippen LogP contribution in [0.1, 0.15) is 49.3 Å². The Kier molecular flexibility index (Phi) is 10.00. The van der Waals surface area contributed by atoms with E-state index in [0.717, 1.165) is 41.1 Å². The Hall–Kier alpha value is -3.07. The summed E-state index contributed by atoms with van der Waals surface area (Å²) >= 11 is 12.8. The van der Waals surface area contributed by atoms with Crippen molar-refractivity contribution in [2.45, 2.75) is 70.0 Å². The van der Waals surface area contributed by atoms with Gasteiger partial charge in [0.05, 0.1) is 10.6 Å². The van der Waals surface area contributed by atoms with E-state index in [0.29, 0.717) is 15.6 Å². The minimum Gasteiger partial charge on any atom is -0.352 e. The molecule has 1 aliphatic rings. The van der Waals surface area contributed by atoms with Gasteiger partial charge in [0, 0.05) is 22.6 Å². The molecule has 0 unspecified atom stereocenters. The zero-order valence-corrected chi connectivity index (χ0v) is 25.8. The summed E-state index contributed by atoms with van der Waals surface area (Å²) in [6, 6.07) is 17.6. The summed E-state index contributed by atoms with van der Waals surface area (Å²) in [6.45, 7) is 4.82.